The van der Waals surface area contributed by atoms with Crippen LogP contribution in [0.15, 0.2) is 18.9 Å². The van der Waals surface area contributed by atoms with E-state index in [-0.39, 0.29) is 5.92 Å². The van der Waals surface area contributed by atoms with Crippen molar-refractivity contribution in [1.82, 2.24) is 4.98 Å². The molecule has 0 saturated heterocycles. The molecule has 5 heteroatoms. The predicted octanol–water partition coefficient (Wildman–Crippen LogP) is 3.45. The van der Waals surface area contributed by atoms with Crippen LogP contribution < -0.4 is 0 Å². The molecule has 1 aromatic rings. The van der Waals surface area contributed by atoms with Crippen molar-refractivity contribution in [2.24, 2.45) is 0 Å². The van der Waals surface area contributed by atoms with Gasteiger partial charge in [-0.15, -0.1) is 17.9 Å². The highest BCUT2D eigenvalue weighted by atomic mass is 32.1. The summed E-state index contributed by atoms with van der Waals surface area (Å²) in [6.07, 6.45) is -1.49. The van der Waals surface area contributed by atoms with Crippen LogP contribution in [0, 0.1) is 0 Å². The molecule has 1 unspecified atom stereocenters. The largest absolute Gasteiger partial charge is 0.443 e. The maximum atomic E-state index is 12.1. The van der Waals surface area contributed by atoms with Gasteiger partial charge in [0.2, 0.25) is 0 Å². The number of aromatic nitrogens is 1. The minimum Gasteiger partial charge on any atom is -0.240 e. The molecule has 1 heterocycles. The van der Waals surface area contributed by atoms with Gasteiger partial charge in [0.25, 0.3) is 0 Å². The van der Waals surface area contributed by atoms with E-state index < -0.39 is 11.2 Å². The lowest BCUT2D eigenvalue weighted by molar-refractivity contribution is -0.137. The zero-order valence-corrected chi connectivity index (χ0v) is 7.75. The van der Waals surface area contributed by atoms with E-state index >= 15 is 0 Å². The van der Waals surface area contributed by atoms with Gasteiger partial charge in [0.15, 0.2) is 5.01 Å². The van der Waals surface area contributed by atoms with E-state index in [0.29, 0.717) is 16.2 Å². The van der Waals surface area contributed by atoms with Crippen molar-refractivity contribution in [3.8, 4) is 0 Å². The standard InChI is InChI=1S/C8H8F3NS/c1-3-5(2)6-4-12-7(13-6)8(9,10)11/h3-5H,1H2,2H3. The van der Waals surface area contributed by atoms with E-state index in [9.17, 15) is 13.2 Å². The van der Waals surface area contributed by atoms with Crippen molar-refractivity contribution in [2.45, 2.75) is 19.0 Å². The zero-order chi connectivity index (χ0) is 10.1. The van der Waals surface area contributed by atoms with Crippen LogP contribution in [0.2, 0.25) is 0 Å². The molecule has 0 amide bonds. The SMILES string of the molecule is C=CC(C)c1cnc(C(F)(F)F)s1. The number of alkyl halides is 3. The molecule has 1 rings (SSSR count). The molecule has 0 N–H and O–H groups in total. The van der Waals surface area contributed by atoms with Gasteiger partial charge in [-0.25, -0.2) is 4.98 Å². The molecule has 0 bridgehead atoms. The molecule has 0 saturated carbocycles. The molecule has 1 atom stereocenters. The van der Waals surface area contributed by atoms with Crippen molar-refractivity contribution in [1.29, 1.82) is 0 Å². The fourth-order valence-corrected chi connectivity index (χ4v) is 1.58. The first-order valence-electron chi connectivity index (χ1n) is 3.60. The Kier molecular flexibility index (Phi) is 2.75. The van der Waals surface area contributed by atoms with Crippen LogP contribution >= 0.6 is 11.3 Å². The summed E-state index contributed by atoms with van der Waals surface area (Å²) in [5.41, 5.74) is 0. The van der Waals surface area contributed by atoms with Crippen molar-refractivity contribution >= 4 is 11.3 Å². The molecule has 0 radical (unpaired) electrons. The third-order valence-electron chi connectivity index (χ3n) is 1.57. The number of halogens is 3. The van der Waals surface area contributed by atoms with E-state index in [1.54, 1.807) is 13.0 Å². The fraction of sp³-hybridized carbons (Fsp3) is 0.375. The van der Waals surface area contributed by atoms with Crippen LogP contribution in [0.3, 0.4) is 0 Å². The average Bonchev–Trinajstić information content (AvgIpc) is 2.50. The van der Waals surface area contributed by atoms with Crippen molar-refractivity contribution in [3.05, 3.63) is 28.7 Å². The quantitative estimate of drug-likeness (QED) is 0.677. The van der Waals surface area contributed by atoms with Gasteiger partial charge < -0.3 is 0 Å². The van der Waals surface area contributed by atoms with Crippen LogP contribution in [-0.4, -0.2) is 4.98 Å². The van der Waals surface area contributed by atoms with Gasteiger partial charge >= 0.3 is 6.18 Å². The summed E-state index contributed by atoms with van der Waals surface area (Å²) in [7, 11) is 0. The van der Waals surface area contributed by atoms with Gasteiger partial charge in [0.05, 0.1) is 0 Å². The van der Waals surface area contributed by atoms with E-state index in [4.69, 9.17) is 0 Å². The molecule has 0 aromatic carbocycles. The third-order valence-corrected chi connectivity index (χ3v) is 2.81. The lowest BCUT2D eigenvalue weighted by Gasteiger charge is -2.00. The Balaban J connectivity index is 2.93. The molecule has 0 aliphatic rings. The van der Waals surface area contributed by atoms with Crippen LogP contribution in [0.25, 0.3) is 0 Å². The normalized spacial score (nSPS) is 14.2. The number of rotatable bonds is 2. The minimum atomic E-state index is -4.33. The summed E-state index contributed by atoms with van der Waals surface area (Å²) in [6, 6.07) is 0. The zero-order valence-electron chi connectivity index (χ0n) is 6.93. The summed E-state index contributed by atoms with van der Waals surface area (Å²) < 4.78 is 36.3. The predicted molar refractivity (Wildman–Crippen MR) is 45.7 cm³/mol. The van der Waals surface area contributed by atoms with Gasteiger partial charge in [0.1, 0.15) is 0 Å². The maximum Gasteiger partial charge on any atom is 0.443 e. The first kappa shape index (κ1) is 10.2. The molecule has 0 aliphatic carbocycles. The first-order valence-corrected chi connectivity index (χ1v) is 4.42. The van der Waals surface area contributed by atoms with E-state index in [2.05, 4.69) is 11.6 Å². The fourth-order valence-electron chi connectivity index (χ4n) is 0.744. The lowest BCUT2D eigenvalue weighted by atomic mass is 10.2. The molecule has 1 aromatic heterocycles. The Morgan fingerprint density at radius 1 is 1.62 bits per heavy atom. The smallest absolute Gasteiger partial charge is 0.240 e. The molecular formula is C8H8F3NS. The van der Waals surface area contributed by atoms with Gasteiger partial charge in [-0.1, -0.05) is 13.0 Å². The van der Waals surface area contributed by atoms with Crippen molar-refractivity contribution in [2.75, 3.05) is 0 Å². The average molecular weight is 207 g/mol. The van der Waals surface area contributed by atoms with Crippen LogP contribution in [0.5, 0.6) is 0 Å². The minimum absolute atomic E-state index is 0.0754. The molecule has 72 valence electrons. The Morgan fingerprint density at radius 3 is 2.62 bits per heavy atom. The first-order chi connectivity index (χ1) is 5.95. The highest BCUT2D eigenvalue weighted by molar-refractivity contribution is 7.11. The van der Waals surface area contributed by atoms with Gasteiger partial charge in [-0.05, 0) is 0 Å². The van der Waals surface area contributed by atoms with Gasteiger partial charge in [-0.2, -0.15) is 13.2 Å². The van der Waals surface area contributed by atoms with Gasteiger partial charge in [0, 0.05) is 17.0 Å². The number of hydrogen-bond donors (Lipinski definition) is 0. The second kappa shape index (κ2) is 3.49. The topological polar surface area (TPSA) is 12.9 Å². The third kappa shape index (κ3) is 2.30. The van der Waals surface area contributed by atoms with E-state index in [1.165, 1.54) is 6.20 Å². The summed E-state index contributed by atoms with van der Waals surface area (Å²) in [4.78, 5) is 3.89. The van der Waals surface area contributed by atoms with Crippen molar-refractivity contribution < 1.29 is 13.2 Å². The lowest BCUT2D eigenvalue weighted by Crippen LogP contribution is -2.02. The Labute approximate surface area is 77.9 Å². The summed E-state index contributed by atoms with van der Waals surface area (Å²) in [5.74, 6) is -0.0754. The summed E-state index contributed by atoms with van der Waals surface area (Å²) in [5, 5.41) is -0.795. The molecule has 0 spiro atoms. The van der Waals surface area contributed by atoms with Crippen LogP contribution in [-0.2, 0) is 6.18 Å². The maximum absolute atomic E-state index is 12.1. The molecule has 0 fully saturated rings. The number of nitrogens with zero attached hydrogens (tertiary/aromatic N) is 1. The second-order valence-corrected chi connectivity index (χ2v) is 3.65. The molecular weight excluding hydrogens is 199 g/mol. The highest BCUT2D eigenvalue weighted by Crippen LogP contribution is 2.34. The second-order valence-electron chi connectivity index (χ2n) is 2.59. The number of thiazole rings is 1. The highest BCUT2D eigenvalue weighted by Gasteiger charge is 2.34. The van der Waals surface area contributed by atoms with Crippen LogP contribution in [0.1, 0.15) is 22.7 Å². The Morgan fingerprint density at radius 2 is 2.23 bits per heavy atom. The summed E-state index contributed by atoms with van der Waals surface area (Å²) >= 11 is 0.665. The Bertz CT molecular complexity index is 303. The Hall–Kier alpha value is -0.840. The number of allylic oxidation sites excluding steroid dienone is 1. The monoisotopic (exact) mass is 207 g/mol. The van der Waals surface area contributed by atoms with Crippen LogP contribution in [0.4, 0.5) is 13.2 Å². The molecule has 0 aliphatic heterocycles. The number of hydrogen-bond acceptors (Lipinski definition) is 2. The summed E-state index contributed by atoms with van der Waals surface area (Å²) in [6.45, 7) is 5.28. The molecule has 13 heavy (non-hydrogen) atoms. The molecule has 1 nitrogen and oxygen atoms in total. The van der Waals surface area contributed by atoms with Crippen molar-refractivity contribution in [3.63, 3.8) is 0 Å². The van der Waals surface area contributed by atoms with E-state index in [0.717, 1.165) is 0 Å². The van der Waals surface area contributed by atoms with E-state index in [1.807, 2.05) is 0 Å². The van der Waals surface area contributed by atoms with Gasteiger partial charge in [-0.3, -0.25) is 0 Å².